The highest BCUT2D eigenvalue weighted by Gasteiger charge is 2.31. The molecule has 0 saturated carbocycles. The van der Waals surface area contributed by atoms with Crippen molar-refractivity contribution in [3.8, 4) is 5.88 Å². The van der Waals surface area contributed by atoms with E-state index in [1.807, 2.05) is 24.3 Å². The molecule has 2 fully saturated rings. The number of halogens is 1. The Morgan fingerprint density at radius 3 is 2.67 bits per heavy atom. The minimum atomic E-state index is -0.364. The highest BCUT2D eigenvalue weighted by atomic mass is 19.1. The molecule has 1 N–H and O–H groups in total. The molecule has 5 rings (SSSR count). The van der Waals surface area contributed by atoms with Gasteiger partial charge in [-0.15, -0.1) is 0 Å². The molecule has 7 heteroatoms. The summed E-state index contributed by atoms with van der Waals surface area (Å²) >= 11 is 0. The van der Waals surface area contributed by atoms with Crippen molar-refractivity contribution in [3.05, 3.63) is 54.5 Å². The number of benzene rings is 1. The summed E-state index contributed by atoms with van der Waals surface area (Å²) < 4.78 is 20.0. The van der Waals surface area contributed by atoms with Crippen LogP contribution in [0.25, 0.3) is 10.9 Å². The number of hydrogen-bond donors (Lipinski definition) is 1. The number of rotatable bonds is 5. The molecular formula is C23H25FN4O2. The topological polar surface area (TPSA) is 61.7 Å². The van der Waals surface area contributed by atoms with E-state index in [0.717, 1.165) is 55.7 Å². The van der Waals surface area contributed by atoms with E-state index in [2.05, 4.69) is 26.9 Å². The van der Waals surface area contributed by atoms with Gasteiger partial charge < -0.3 is 19.6 Å². The standard InChI is InChI=1S/C23H25FN4O2/c24-18-11-21(27-9-7-16(15-29)8-10-27)23(25-12-18)30-19-13-28(14-19)22-6-5-17-3-1-2-4-20(17)26-22/h1-6,11-12,16,19,29H,7-10,13-15H2. The Hall–Kier alpha value is -2.93. The van der Waals surface area contributed by atoms with E-state index in [0.29, 0.717) is 17.5 Å². The van der Waals surface area contributed by atoms with Crippen LogP contribution in [0.2, 0.25) is 0 Å². The van der Waals surface area contributed by atoms with E-state index in [4.69, 9.17) is 9.72 Å². The number of aliphatic hydroxyl groups excluding tert-OH is 1. The van der Waals surface area contributed by atoms with Gasteiger partial charge in [-0.3, -0.25) is 0 Å². The second-order valence-electron chi connectivity index (χ2n) is 8.10. The summed E-state index contributed by atoms with van der Waals surface area (Å²) in [5.74, 6) is 1.38. The third-order valence-electron chi connectivity index (χ3n) is 6.05. The summed E-state index contributed by atoms with van der Waals surface area (Å²) in [5, 5.41) is 10.5. The molecule has 156 valence electrons. The van der Waals surface area contributed by atoms with Crippen LogP contribution in [0, 0.1) is 11.7 Å². The first kappa shape index (κ1) is 19.1. The first-order valence-electron chi connectivity index (χ1n) is 10.5. The summed E-state index contributed by atoms with van der Waals surface area (Å²) in [4.78, 5) is 13.2. The van der Waals surface area contributed by atoms with E-state index in [9.17, 15) is 9.50 Å². The van der Waals surface area contributed by atoms with Gasteiger partial charge in [-0.1, -0.05) is 18.2 Å². The summed E-state index contributed by atoms with van der Waals surface area (Å²) in [6.07, 6.45) is 2.97. The Bertz CT molecular complexity index is 1030. The molecule has 1 aromatic carbocycles. The van der Waals surface area contributed by atoms with Gasteiger partial charge in [0.05, 0.1) is 24.8 Å². The van der Waals surface area contributed by atoms with Crippen molar-refractivity contribution in [2.45, 2.75) is 18.9 Å². The molecule has 0 amide bonds. The van der Waals surface area contributed by atoms with Crippen molar-refractivity contribution in [1.29, 1.82) is 0 Å². The van der Waals surface area contributed by atoms with Crippen LogP contribution in [-0.4, -0.2) is 54.0 Å². The fourth-order valence-corrected chi connectivity index (χ4v) is 4.18. The van der Waals surface area contributed by atoms with Gasteiger partial charge in [-0.25, -0.2) is 14.4 Å². The van der Waals surface area contributed by atoms with Crippen molar-refractivity contribution >= 4 is 22.4 Å². The lowest BCUT2D eigenvalue weighted by atomic mass is 9.97. The Labute approximate surface area is 174 Å². The highest BCUT2D eigenvalue weighted by Crippen LogP contribution is 2.33. The Morgan fingerprint density at radius 1 is 1.07 bits per heavy atom. The Kier molecular flexibility index (Phi) is 5.12. The number of ether oxygens (including phenoxy) is 1. The van der Waals surface area contributed by atoms with Crippen molar-refractivity contribution in [3.63, 3.8) is 0 Å². The maximum Gasteiger partial charge on any atom is 0.238 e. The predicted octanol–water partition coefficient (Wildman–Crippen LogP) is 3.25. The lowest BCUT2D eigenvalue weighted by Gasteiger charge is -2.40. The lowest BCUT2D eigenvalue weighted by molar-refractivity contribution is 0.159. The largest absolute Gasteiger partial charge is 0.469 e. The van der Waals surface area contributed by atoms with E-state index in [1.165, 1.54) is 12.3 Å². The number of para-hydroxylation sites is 1. The van der Waals surface area contributed by atoms with Gasteiger partial charge in [0, 0.05) is 31.1 Å². The predicted molar refractivity (Wildman–Crippen MR) is 115 cm³/mol. The molecule has 0 radical (unpaired) electrons. The van der Waals surface area contributed by atoms with E-state index in [1.54, 1.807) is 0 Å². The van der Waals surface area contributed by atoms with Crippen LogP contribution in [0.3, 0.4) is 0 Å². The number of pyridine rings is 2. The van der Waals surface area contributed by atoms with Crippen LogP contribution in [0.5, 0.6) is 5.88 Å². The maximum absolute atomic E-state index is 13.9. The number of hydrogen-bond acceptors (Lipinski definition) is 6. The molecule has 2 aromatic heterocycles. The molecule has 4 heterocycles. The number of fused-ring (bicyclic) bond motifs is 1. The van der Waals surface area contributed by atoms with Crippen molar-refractivity contribution in [1.82, 2.24) is 9.97 Å². The molecule has 0 bridgehead atoms. The third-order valence-corrected chi connectivity index (χ3v) is 6.05. The molecule has 2 aliphatic heterocycles. The minimum Gasteiger partial charge on any atom is -0.469 e. The van der Waals surface area contributed by atoms with Crippen molar-refractivity contribution in [2.24, 2.45) is 5.92 Å². The third kappa shape index (κ3) is 3.77. The van der Waals surface area contributed by atoms with E-state index in [-0.39, 0.29) is 18.5 Å². The summed E-state index contributed by atoms with van der Waals surface area (Å²) in [6.45, 7) is 3.18. The van der Waals surface area contributed by atoms with Gasteiger partial charge in [0.2, 0.25) is 5.88 Å². The quantitative estimate of drug-likeness (QED) is 0.699. The van der Waals surface area contributed by atoms with Crippen LogP contribution < -0.4 is 14.5 Å². The monoisotopic (exact) mass is 408 g/mol. The fourth-order valence-electron chi connectivity index (χ4n) is 4.18. The SMILES string of the molecule is OCC1CCN(c2cc(F)cnc2OC2CN(c3ccc4ccccc4n3)C2)CC1. The minimum absolute atomic E-state index is 0.00929. The van der Waals surface area contributed by atoms with Crippen molar-refractivity contribution in [2.75, 3.05) is 42.6 Å². The van der Waals surface area contributed by atoms with Crippen LogP contribution in [0.1, 0.15) is 12.8 Å². The molecule has 0 spiro atoms. The summed E-state index contributed by atoms with van der Waals surface area (Å²) in [6, 6.07) is 13.7. The lowest BCUT2D eigenvalue weighted by Crippen LogP contribution is -2.54. The summed E-state index contributed by atoms with van der Waals surface area (Å²) in [7, 11) is 0. The number of aliphatic hydroxyl groups is 1. The van der Waals surface area contributed by atoms with Crippen LogP contribution in [0.15, 0.2) is 48.7 Å². The fraction of sp³-hybridized carbons (Fsp3) is 0.391. The number of piperidine rings is 1. The molecule has 2 saturated heterocycles. The van der Waals surface area contributed by atoms with Gasteiger partial charge in [0.25, 0.3) is 0 Å². The van der Waals surface area contributed by atoms with E-state index >= 15 is 0 Å². The zero-order valence-corrected chi connectivity index (χ0v) is 16.7. The second kappa shape index (κ2) is 8.07. The molecule has 2 aliphatic rings. The van der Waals surface area contributed by atoms with Crippen molar-refractivity contribution < 1.29 is 14.2 Å². The zero-order chi connectivity index (χ0) is 20.5. The maximum atomic E-state index is 13.9. The van der Waals surface area contributed by atoms with Gasteiger partial charge >= 0.3 is 0 Å². The molecule has 0 atom stereocenters. The Morgan fingerprint density at radius 2 is 1.87 bits per heavy atom. The molecule has 30 heavy (non-hydrogen) atoms. The molecule has 0 unspecified atom stereocenters. The van der Waals surface area contributed by atoms with Crippen LogP contribution >= 0.6 is 0 Å². The summed E-state index contributed by atoms with van der Waals surface area (Å²) in [5.41, 5.74) is 1.68. The van der Waals surface area contributed by atoms with Crippen LogP contribution in [0.4, 0.5) is 15.9 Å². The smallest absolute Gasteiger partial charge is 0.238 e. The van der Waals surface area contributed by atoms with E-state index < -0.39 is 0 Å². The normalized spacial score (nSPS) is 17.9. The molecular weight excluding hydrogens is 383 g/mol. The van der Waals surface area contributed by atoms with Gasteiger partial charge in [-0.05, 0) is 37.0 Å². The number of anilines is 2. The number of nitrogens with zero attached hydrogens (tertiary/aromatic N) is 4. The van der Waals surface area contributed by atoms with Crippen LogP contribution in [-0.2, 0) is 0 Å². The molecule has 3 aromatic rings. The highest BCUT2D eigenvalue weighted by molar-refractivity contribution is 5.80. The first-order chi connectivity index (χ1) is 14.7. The van der Waals surface area contributed by atoms with Gasteiger partial charge in [-0.2, -0.15) is 0 Å². The van der Waals surface area contributed by atoms with Gasteiger partial charge in [0.15, 0.2) is 0 Å². The average molecular weight is 408 g/mol. The first-order valence-corrected chi connectivity index (χ1v) is 10.5. The molecule has 0 aliphatic carbocycles. The second-order valence-corrected chi connectivity index (χ2v) is 8.10. The molecule has 6 nitrogen and oxygen atoms in total. The number of aromatic nitrogens is 2. The average Bonchev–Trinajstić information content (AvgIpc) is 2.76. The Balaban J connectivity index is 1.26. The van der Waals surface area contributed by atoms with Gasteiger partial charge in [0.1, 0.15) is 23.4 Å². The zero-order valence-electron chi connectivity index (χ0n) is 16.7.